The van der Waals surface area contributed by atoms with E-state index < -0.39 is 0 Å². The maximum Gasteiger partial charge on any atom is 0.152 e. The minimum Gasteiger partial charge on any atom is -0.457 e. The standard InChI is InChI=1S/C16H12BrClFNO/c1-20-15(10-5-3-7-12(19)14(10)17)13-8-9-4-2-6-11(18)16(9)21-13/h2-8,15,20H,1H3. The molecule has 0 spiro atoms. The molecular formula is C16H12BrClFNO. The van der Waals surface area contributed by atoms with Gasteiger partial charge in [0.05, 0.1) is 15.5 Å². The van der Waals surface area contributed by atoms with Crippen LogP contribution in [0.15, 0.2) is 51.4 Å². The zero-order valence-electron chi connectivity index (χ0n) is 11.2. The van der Waals surface area contributed by atoms with Gasteiger partial charge in [0.2, 0.25) is 0 Å². The van der Waals surface area contributed by atoms with E-state index in [-0.39, 0.29) is 11.9 Å². The first-order valence-electron chi connectivity index (χ1n) is 6.41. The van der Waals surface area contributed by atoms with Crippen LogP contribution in [0.5, 0.6) is 0 Å². The van der Waals surface area contributed by atoms with Crippen molar-refractivity contribution >= 4 is 38.5 Å². The fraction of sp³-hybridized carbons (Fsp3) is 0.125. The molecule has 3 aromatic rings. The lowest BCUT2D eigenvalue weighted by atomic mass is 10.0. The average molecular weight is 369 g/mol. The first-order valence-corrected chi connectivity index (χ1v) is 7.58. The summed E-state index contributed by atoms with van der Waals surface area (Å²) < 4.78 is 20.0. The molecule has 0 amide bonds. The van der Waals surface area contributed by atoms with Crippen LogP contribution in [0.4, 0.5) is 4.39 Å². The van der Waals surface area contributed by atoms with E-state index in [0.29, 0.717) is 20.8 Å². The molecular weight excluding hydrogens is 357 g/mol. The van der Waals surface area contributed by atoms with Gasteiger partial charge in [-0.25, -0.2) is 4.39 Å². The van der Waals surface area contributed by atoms with Crippen molar-refractivity contribution in [2.75, 3.05) is 7.05 Å². The van der Waals surface area contributed by atoms with E-state index in [9.17, 15) is 4.39 Å². The average Bonchev–Trinajstić information content (AvgIpc) is 2.89. The van der Waals surface area contributed by atoms with Gasteiger partial charge < -0.3 is 9.73 Å². The number of furan rings is 1. The highest BCUT2D eigenvalue weighted by molar-refractivity contribution is 9.10. The van der Waals surface area contributed by atoms with Gasteiger partial charge in [0.15, 0.2) is 5.58 Å². The topological polar surface area (TPSA) is 25.2 Å². The van der Waals surface area contributed by atoms with Crippen LogP contribution in [0.3, 0.4) is 0 Å². The summed E-state index contributed by atoms with van der Waals surface area (Å²) in [6.45, 7) is 0. The van der Waals surface area contributed by atoms with E-state index in [2.05, 4.69) is 21.2 Å². The van der Waals surface area contributed by atoms with Crippen LogP contribution in [0.25, 0.3) is 11.0 Å². The third-order valence-corrected chi connectivity index (χ3v) is 4.52. The third kappa shape index (κ3) is 2.59. The van der Waals surface area contributed by atoms with Crippen LogP contribution < -0.4 is 5.32 Å². The number of benzene rings is 2. The summed E-state index contributed by atoms with van der Waals surface area (Å²) in [6.07, 6.45) is 0. The lowest BCUT2D eigenvalue weighted by molar-refractivity contribution is 0.488. The fourth-order valence-corrected chi connectivity index (χ4v) is 3.10. The molecule has 0 aliphatic rings. The summed E-state index contributed by atoms with van der Waals surface area (Å²) in [5.41, 5.74) is 1.41. The van der Waals surface area contributed by atoms with Gasteiger partial charge in [-0.3, -0.25) is 0 Å². The van der Waals surface area contributed by atoms with E-state index in [0.717, 1.165) is 10.9 Å². The Hall–Kier alpha value is -1.36. The van der Waals surface area contributed by atoms with Gasteiger partial charge in [-0.15, -0.1) is 0 Å². The predicted octanol–water partition coefficient (Wildman–Crippen LogP) is 5.30. The van der Waals surface area contributed by atoms with Crippen molar-refractivity contribution in [2.45, 2.75) is 6.04 Å². The molecule has 108 valence electrons. The molecule has 0 fully saturated rings. The van der Waals surface area contributed by atoms with Crippen LogP contribution in [-0.4, -0.2) is 7.05 Å². The number of halogens is 3. The summed E-state index contributed by atoms with van der Waals surface area (Å²) in [4.78, 5) is 0. The van der Waals surface area contributed by atoms with Gasteiger partial charge in [-0.05, 0) is 46.7 Å². The van der Waals surface area contributed by atoms with Gasteiger partial charge in [0.1, 0.15) is 11.6 Å². The molecule has 5 heteroatoms. The van der Waals surface area contributed by atoms with Crippen molar-refractivity contribution in [1.82, 2.24) is 5.32 Å². The molecule has 1 N–H and O–H groups in total. The molecule has 2 aromatic carbocycles. The molecule has 0 aliphatic carbocycles. The van der Waals surface area contributed by atoms with Crippen molar-refractivity contribution in [1.29, 1.82) is 0 Å². The van der Waals surface area contributed by atoms with Crippen molar-refractivity contribution in [3.8, 4) is 0 Å². The Morgan fingerprint density at radius 2 is 2.00 bits per heavy atom. The molecule has 2 nitrogen and oxygen atoms in total. The van der Waals surface area contributed by atoms with Crippen LogP contribution in [0, 0.1) is 5.82 Å². The van der Waals surface area contributed by atoms with Gasteiger partial charge in [-0.2, -0.15) is 0 Å². The van der Waals surface area contributed by atoms with E-state index in [1.165, 1.54) is 6.07 Å². The fourth-order valence-electron chi connectivity index (χ4n) is 2.38. The van der Waals surface area contributed by atoms with Gasteiger partial charge in [0.25, 0.3) is 0 Å². The van der Waals surface area contributed by atoms with E-state index in [4.69, 9.17) is 16.0 Å². The normalized spacial score (nSPS) is 12.8. The lowest BCUT2D eigenvalue weighted by Crippen LogP contribution is -2.17. The molecule has 0 saturated heterocycles. The molecule has 0 radical (unpaired) electrons. The molecule has 0 bridgehead atoms. The maximum atomic E-state index is 13.7. The molecule has 1 aromatic heterocycles. The first-order chi connectivity index (χ1) is 10.1. The summed E-state index contributed by atoms with van der Waals surface area (Å²) in [6, 6.07) is 12.2. The van der Waals surface area contributed by atoms with E-state index in [1.54, 1.807) is 19.2 Å². The summed E-state index contributed by atoms with van der Waals surface area (Å²) in [5, 5.41) is 4.63. The Morgan fingerprint density at radius 1 is 1.24 bits per heavy atom. The Labute approximate surface area is 135 Å². The Balaban J connectivity index is 2.14. The minimum absolute atomic E-state index is 0.265. The predicted molar refractivity (Wildman–Crippen MR) is 86.2 cm³/mol. The Bertz CT molecular complexity index is 802. The molecule has 1 atom stereocenters. The largest absolute Gasteiger partial charge is 0.457 e. The van der Waals surface area contributed by atoms with Crippen molar-refractivity contribution in [2.24, 2.45) is 0 Å². The zero-order chi connectivity index (χ0) is 15.0. The summed E-state index contributed by atoms with van der Waals surface area (Å²) in [5.74, 6) is 0.383. The van der Waals surface area contributed by atoms with Crippen LogP contribution in [0.1, 0.15) is 17.4 Å². The van der Waals surface area contributed by atoms with Crippen molar-refractivity contribution < 1.29 is 8.81 Å². The summed E-state index contributed by atoms with van der Waals surface area (Å²) >= 11 is 9.43. The van der Waals surface area contributed by atoms with Gasteiger partial charge in [0, 0.05) is 5.39 Å². The van der Waals surface area contributed by atoms with Crippen LogP contribution in [0.2, 0.25) is 5.02 Å². The molecule has 0 aliphatic heterocycles. The first kappa shape index (κ1) is 14.6. The molecule has 21 heavy (non-hydrogen) atoms. The van der Waals surface area contributed by atoms with Gasteiger partial charge in [-0.1, -0.05) is 35.9 Å². The number of nitrogens with one attached hydrogen (secondary N) is 1. The third-order valence-electron chi connectivity index (χ3n) is 3.38. The molecule has 1 unspecified atom stereocenters. The number of hydrogen-bond acceptors (Lipinski definition) is 2. The second kappa shape index (κ2) is 5.79. The molecule has 1 heterocycles. The second-order valence-electron chi connectivity index (χ2n) is 4.67. The highest BCUT2D eigenvalue weighted by atomic mass is 79.9. The quantitative estimate of drug-likeness (QED) is 0.679. The summed E-state index contributed by atoms with van der Waals surface area (Å²) in [7, 11) is 1.80. The van der Waals surface area contributed by atoms with Gasteiger partial charge >= 0.3 is 0 Å². The molecule has 3 rings (SSSR count). The smallest absolute Gasteiger partial charge is 0.152 e. The highest BCUT2D eigenvalue weighted by Crippen LogP contribution is 2.34. The number of fused-ring (bicyclic) bond motifs is 1. The van der Waals surface area contributed by atoms with Crippen molar-refractivity contribution in [3.63, 3.8) is 0 Å². The minimum atomic E-state index is -0.304. The highest BCUT2D eigenvalue weighted by Gasteiger charge is 2.21. The zero-order valence-corrected chi connectivity index (χ0v) is 13.5. The number of para-hydroxylation sites is 1. The van der Waals surface area contributed by atoms with E-state index in [1.807, 2.05) is 24.3 Å². The second-order valence-corrected chi connectivity index (χ2v) is 5.87. The lowest BCUT2D eigenvalue weighted by Gasteiger charge is -2.16. The van der Waals surface area contributed by atoms with Crippen LogP contribution in [-0.2, 0) is 0 Å². The number of rotatable bonds is 3. The van der Waals surface area contributed by atoms with Crippen LogP contribution >= 0.6 is 27.5 Å². The maximum absolute atomic E-state index is 13.7. The SMILES string of the molecule is CNC(c1cc2cccc(Cl)c2o1)c1cccc(F)c1Br. The molecule has 0 saturated carbocycles. The Kier molecular flexibility index (Phi) is 4.02. The van der Waals surface area contributed by atoms with E-state index >= 15 is 0 Å². The van der Waals surface area contributed by atoms with Crippen molar-refractivity contribution in [3.05, 3.63) is 69.1 Å². The number of hydrogen-bond donors (Lipinski definition) is 1. The Morgan fingerprint density at radius 3 is 2.71 bits per heavy atom. The monoisotopic (exact) mass is 367 g/mol.